The molecular weight excluding hydrogens is 318 g/mol. The summed E-state index contributed by atoms with van der Waals surface area (Å²) in [7, 11) is 0. The van der Waals surface area contributed by atoms with Gasteiger partial charge in [-0.2, -0.15) is 10.4 Å². The third kappa shape index (κ3) is 3.50. The Hall–Kier alpha value is -3.25. The maximum atomic E-state index is 12.0. The third-order valence-electron chi connectivity index (χ3n) is 2.95. The monoisotopic (exact) mass is 329 g/mol. The summed E-state index contributed by atoms with van der Waals surface area (Å²) in [6, 6.07) is 7.76. The number of nitro groups is 1. The maximum Gasteiger partial charge on any atom is 0.281 e. The first-order valence-corrected chi connectivity index (χ1v) is 7.12. The average Bonchev–Trinajstić information content (AvgIpc) is 2.81. The van der Waals surface area contributed by atoms with E-state index in [1.54, 1.807) is 13.0 Å². The number of amides is 1. The van der Waals surface area contributed by atoms with Crippen LogP contribution in [0.15, 0.2) is 29.4 Å². The number of nitrogen functional groups attached to an aromatic ring is 1. The molecule has 0 bridgehead atoms. The number of nitro benzene ring substituents is 1. The van der Waals surface area contributed by atoms with Crippen molar-refractivity contribution in [3.63, 3.8) is 0 Å². The number of thiophene rings is 1. The molecule has 0 fully saturated rings. The highest BCUT2D eigenvalue weighted by Crippen LogP contribution is 2.29. The summed E-state index contributed by atoms with van der Waals surface area (Å²) >= 11 is 1.01. The van der Waals surface area contributed by atoms with Crippen molar-refractivity contribution in [2.45, 2.75) is 6.92 Å². The van der Waals surface area contributed by atoms with E-state index in [4.69, 9.17) is 11.0 Å². The Morgan fingerprint density at radius 2 is 2.30 bits per heavy atom. The minimum Gasteiger partial charge on any atom is -0.389 e. The molecule has 0 aliphatic rings. The van der Waals surface area contributed by atoms with Crippen molar-refractivity contribution >= 4 is 34.1 Å². The first-order valence-electron chi connectivity index (χ1n) is 6.31. The molecule has 3 N–H and O–H groups in total. The molecule has 1 amide bonds. The van der Waals surface area contributed by atoms with E-state index in [0.717, 1.165) is 11.3 Å². The van der Waals surface area contributed by atoms with Gasteiger partial charge in [-0.05, 0) is 12.5 Å². The number of carbonyl (C=O) groups is 1. The highest BCUT2D eigenvalue weighted by molar-refractivity contribution is 7.18. The van der Waals surface area contributed by atoms with E-state index in [2.05, 4.69) is 10.5 Å². The summed E-state index contributed by atoms with van der Waals surface area (Å²) in [4.78, 5) is 22.5. The van der Waals surface area contributed by atoms with Crippen molar-refractivity contribution in [3.05, 3.63) is 55.9 Å². The number of carbonyl (C=O) groups excluding carboxylic acids is 1. The predicted molar refractivity (Wildman–Crippen MR) is 86.3 cm³/mol. The van der Waals surface area contributed by atoms with E-state index in [9.17, 15) is 14.9 Å². The van der Waals surface area contributed by atoms with E-state index < -0.39 is 10.8 Å². The number of nitrogens with two attached hydrogens (primary N) is 1. The molecule has 0 aliphatic heterocycles. The zero-order valence-electron chi connectivity index (χ0n) is 11.9. The molecule has 0 spiro atoms. The van der Waals surface area contributed by atoms with Gasteiger partial charge in [0.1, 0.15) is 15.9 Å². The van der Waals surface area contributed by atoms with Crippen LogP contribution in [0.25, 0.3) is 0 Å². The van der Waals surface area contributed by atoms with Gasteiger partial charge in [0.15, 0.2) is 0 Å². The molecule has 0 unspecified atom stereocenters. The molecule has 2 aromatic rings. The minimum atomic E-state index is -0.517. The topological polar surface area (TPSA) is 134 Å². The standard InChI is InChI=1S/C14H11N5O3S/c1-8-11(6-15)13(16)23-12(8)14(20)18-17-7-9-3-2-4-10(5-9)19(21)22/h2-5,7H,16H2,1H3,(H,18,20)/b17-7+. The lowest BCUT2D eigenvalue weighted by Gasteiger charge is -1.98. The number of non-ortho nitro benzene ring substituents is 1. The SMILES string of the molecule is Cc1c(C(=O)N/N=C/c2cccc([N+](=O)[O-])c2)sc(N)c1C#N. The van der Waals surface area contributed by atoms with E-state index in [1.165, 1.54) is 24.4 Å². The second-order valence-corrected chi connectivity index (χ2v) is 5.51. The molecule has 1 aromatic heterocycles. The van der Waals surface area contributed by atoms with Gasteiger partial charge in [0, 0.05) is 17.7 Å². The second kappa shape index (κ2) is 6.67. The summed E-state index contributed by atoms with van der Waals surface area (Å²) in [5, 5.41) is 23.7. The van der Waals surface area contributed by atoms with Crippen LogP contribution in [0.3, 0.4) is 0 Å². The number of hydrogen-bond acceptors (Lipinski definition) is 7. The molecule has 1 heterocycles. The summed E-state index contributed by atoms with van der Waals surface area (Å²) in [5.74, 6) is -0.498. The van der Waals surface area contributed by atoms with Crippen LogP contribution in [0.4, 0.5) is 10.7 Å². The Bertz CT molecular complexity index is 851. The predicted octanol–water partition coefficient (Wildman–Crippen LogP) is 2.18. The van der Waals surface area contributed by atoms with Gasteiger partial charge in [-0.15, -0.1) is 11.3 Å². The largest absolute Gasteiger partial charge is 0.389 e. The van der Waals surface area contributed by atoms with Gasteiger partial charge in [0.25, 0.3) is 11.6 Å². The Labute approximate surface area is 135 Å². The van der Waals surface area contributed by atoms with Crippen molar-refractivity contribution in [1.82, 2.24) is 5.43 Å². The van der Waals surface area contributed by atoms with Crippen LogP contribution >= 0.6 is 11.3 Å². The molecule has 2 rings (SSSR count). The molecule has 23 heavy (non-hydrogen) atoms. The smallest absolute Gasteiger partial charge is 0.281 e. The van der Waals surface area contributed by atoms with E-state index >= 15 is 0 Å². The van der Waals surface area contributed by atoms with Crippen LogP contribution in [-0.2, 0) is 0 Å². The first-order chi connectivity index (χ1) is 10.9. The zero-order valence-corrected chi connectivity index (χ0v) is 12.8. The van der Waals surface area contributed by atoms with Crippen molar-refractivity contribution in [2.24, 2.45) is 5.10 Å². The third-order valence-corrected chi connectivity index (χ3v) is 4.07. The van der Waals surface area contributed by atoms with Crippen molar-refractivity contribution in [2.75, 3.05) is 5.73 Å². The van der Waals surface area contributed by atoms with E-state index in [-0.39, 0.29) is 16.3 Å². The van der Waals surface area contributed by atoms with Gasteiger partial charge in [-0.3, -0.25) is 14.9 Å². The fourth-order valence-corrected chi connectivity index (χ4v) is 2.74. The van der Waals surface area contributed by atoms with Crippen LogP contribution < -0.4 is 11.2 Å². The number of benzene rings is 1. The zero-order chi connectivity index (χ0) is 17.0. The van der Waals surface area contributed by atoms with Crippen molar-refractivity contribution in [3.8, 4) is 6.07 Å². The van der Waals surface area contributed by atoms with Gasteiger partial charge in [0.2, 0.25) is 0 Å². The first kappa shape index (κ1) is 16.1. The molecule has 0 saturated heterocycles. The number of hydrazone groups is 1. The number of hydrogen-bond donors (Lipinski definition) is 2. The number of anilines is 1. The van der Waals surface area contributed by atoms with Crippen LogP contribution in [-0.4, -0.2) is 17.0 Å². The van der Waals surface area contributed by atoms with E-state index in [1.807, 2.05) is 6.07 Å². The van der Waals surface area contributed by atoms with Crippen LogP contribution in [0, 0.1) is 28.4 Å². The lowest BCUT2D eigenvalue weighted by atomic mass is 10.2. The lowest BCUT2D eigenvalue weighted by Crippen LogP contribution is -2.17. The Kier molecular flexibility index (Phi) is 4.68. The Morgan fingerprint density at radius 3 is 2.91 bits per heavy atom. The molecule has 0 radical (unpaired) electrons. The van der Waals surface area contributed by atoms with Crippen molar-refractivity contribution < 1.29 is 9.72 Å². The quantitative estimate of drug-likeness (QED) is 0.503. The number of nitrogens with one attached hydrogen (secondary N) is 1. The van der Waals surface area contributed by atoms with Gasteiger partial charge in [-0.1, -0.05) is 12.1 Å². The Balaban J connectivity index is 2.12. The highest BCUT2D eigenvalue weighted by atomic mass is 32.1. The molecule has 0 saturated carbocycles. The fourth-order valence-electron chi connectivity index (χ4n) is 1.83. The van der Waals surface area contributed by atoms with Crippen LogP contribution in [0.2, 0.25) is 0 Å². The van der Waals surface area contributed by atoms with Gasteiger partial charge in [0.05, 0.1) is 16.7 Å². The maximum absolute atomic E-state index is 12.0. The van der Waals surface area contributed by atoms with Crippen LogP contribution in [0.1, 0.15) is 26.4 Å². The Morgan fingerprint density at radius 1 is 1.57 bits per heavy atom. The summed E-state index contributed by atoms with van der Waals surface area (Å²) in [5.41, 5.74) is 9.16. The summed E-state index contributed by atoms with van der Waals surface area (Å²) in [6.45, 7) is 1.63. The minimum absolute atomic E-state index is 0.0687. The van der Waals surface area contributed by atoms with Gasteiger partial charge in [-0.25, -0.2) is 5.43 Å². The number of rotatable bonds is 4. The molecule has 1 aromatic carbocycles. The lowest BCUT2D eigenvalue weighted by molar-refractivity contribution is -0.384. The van der Waals surface area contributed by atoms with Gasteiger partial charge < -0.3 is 5.73 Å². The van der Waals surface area contributed by atoms with Crippen LogP contribution in [0.5, 0.6) is 0 Å². The summed E-state index contributed by atoms with van der Waals surface area (Å²) in [6.07, 6.45) is 1.29. The molecular formula is C14H11N5O3S. The molecule has 9 heteroatoms. The molecule has 0 aliphatic carbocycles. The van der Waals surface area contributed by atoms with E-state index in [0.29, 0.717) is 16.0 Å². The fraction of sp³-hybridized carbons (Fsp3) is 0.0714. The second-order valence-electron chi connectivity index (χ2n) is 4.46. The normalized spacial score (nSPS) is 10.4. The number of nitriles is 1. The average molecular weight is 329 g/mol. The van der Waals surface area contributed by atoms with Gasteiger partial charge >= 0.3 is 0 Å². The molecule has 8 nitrogen and oxygen atoms in total. The van der Waals surface area contributed by atoms with Crippen molar-refractivity contribution in [1.29, 1.82) is 5.26 Å². The number of nitrogens with zero attached hydrogens (tertiary/aromatic N) is 3. The summed E-state index contributed by atoms with van der Waals surface area (Å²) < 4.78 is 0. The molecule has 0 atom stereocenters. The highest BCUT2D eigenvalue weighted by Gasteiger charge is 2.18. The molecule has 116 valence electrons.